The van der Waals surface area contributed by atoms with Crippen LogP contribution < -0.4 is 5.32 Å². The van der Waals surface area contributed by atoms with E-state index in [2.05, 4.69) is 34.6 Å². The van der Waals surface area contributed by atoms with Gasteiger partial charge in [-0.1, -0.05) is 56.2 Å². The zero-order chi connectivity index (χ0) is 22.9. The van der Waals surface area contributed by atoms with Crippen LogP contribution in [0, 0.1) is 0 Å². The first-order valence-electron chi connectivity index (χ1n) is 11.4. The summed E-state index contributed by atoms with van der Waals surface area (Å²) in [5.74, 6) is 1.44. The topological polar surface area (TPSA) is 75.4 Å². The number of carbonyl (C=O) groups is 2. The van der Waals surface area contributed by atoms with Gasteiger partial charge in [0.1, 0.15) is 11.8 Å². The fraction of sp³-hybridized carbons (Fsp3) is 0.423. The van der Waals surface area contributed by atoms with E-state index in [-0.39, 0.29) is 11.9 Å². The molecule has 0 spiro atoms. The summed E-state index contributed by atoms with van der Waals surface area (Å²) in [5, 5.41) is 5.38. The van der Waals surface area contributed by atoms with Gasteiger partial charge in [-0.25, -0.2) is 4.98 Å². The zero-order valence-corrected chi connectivity index (χ0v) is 19.3. The number of hydrogen-bond acceptors (Lipinski definition) is 5. The van der Waals surface area contributed by atoms with E-state index in [4.69, 9.17) is 4.42 Å². The molecule has 1 amide bonds. The molecule has 1 heterocycles. The van der Waals surface area contributed by atoms with Crippen molar-refractivity contribution in [2.45, 2.75) is 51.5 Å². The van der Waals surface area contributed by atoms with Gasteiger partial charge in [-0.05, 0) is 43.8 Å². The number of nitrogens with zero attached hydrogens (tertiary/aromatic N) is 2. The van der Waals surface area contributed by atoms with Crippen LogP contribution >= 0.6 is 0 Å². The number of hydrogen-bond donors (Lipinski definition) is 1. The number of carbonyl (C=O) groups excluding carboxylic acids is 2. The Labute approximate surface area is 190 Å². The third-order valence-corrected chi connectivity index (χ3v) is 5.49. The first kappa shape index (κ1) is 23.7. The van der Waals surface area contributed by atoms with Crippen LogP contribution in [0.3, 0.4) is 0 Å². The standard InChI is InChI=1S/C26H33N3O3/c1-4-22(30)12-6-5-7-13-23(28-25(31)18-29(2)3)26-27-17-24(32-26)21-15-14-19-10-8-9-11-20(19)16-21/h8-11,14-17,23H,4-7,12-13,18H2,1-3H3,(H,28,31)/t23-/m0/s1. The molecule has 0 fully saturated rings. The molecule has 0 unspecified atom stereocenters. The zero-order valence-electron chi connectivity index (χ0n) is 19.3. The quantitative estimate of drug-likeness (QED) is 0.399. The van der Waals surface area contributed by atoms with Crippen molar-refractivity contribution in [2.75, 3.05) is 20.6 Å². The number of Topliss-reactive ketones (excluding diaryl/α,β-unsaturated/α-hetero) is 1. The third kappa shape index (κ3) is 6.76. The molecule has 1 N–H and O–H groups in total. The molecule has 2 aromatic carbocycles. The molecular weight excluding hydrogens is 402 g/mol. The second-order valence-corrected chi connectivity index (χ2v) is 8.47. The van der Waals surface area contributed by atoms with E-state index in [9.17, 15) is 9.59 Å². The minimum Gasteiger partial charge on any atom is -0.438 e. The molecule has 3 rings (SSSR count). The van der Waals surface area contributed by atoms with Crippen molar-refractivity contribution in [1.29, 1.82) is 0 Å². The number of rotatable bonds is 12. The normalized spacial score (nSPS) is 12.2. The van der Waals surface area contributed by atoms with E-state index < -0.39 is 0 Å². The van der Waals surface area contributed by atoms with Gasteiger partial charge in [0, 0.05) is 18.4 Å². The van der Waals surface area contributed by atoms with E-state index in [1.807, 2.05) is 44.1 Å². The van der Waals surface area contributed by atoms with Crippen molar-refractivity contribution in [1.82, 2.24) is 15.2 Å². The van der Waals surface area contributed by atoms with Gasteiger partial charge in [-0.15, -0.1) is 0 Å². The molecule has 0 saturated heterocycles. The van der Waals surface area contributed by atoms with Gasteiger partial charge in [0.05, 0.1) is 12.7 Å². The highest BCUT2D eigenvalue weighted by Crippen LogP contribution is 2.28. The Morgan fingerprint density at radius 3 is 2.59 bits per heavy atom. The molecule has 0 radical (unpaired) electrons. The summed E-state index contributed by atoms with van der Waals surface area (Å²) in [5.41, 5.74) is 0.957. The van der Waals surface area contributed by atoms with Crippen molar-refractivity contribution in [3.05, 3.63) is 54.6 Å². The van der Waals surface area contributed by atoms with Gasteiger partial charge in [0.2, 0.25) is 11.8 Å². The summed E-state index contributed by atoms with van der Waals surface area (Å²) in [7, 11) is 3.73. The van der Waals surface area contributed by atoms with Gasteiger partial charge in [-0.3, -0.25) is 9.59 Å². The van der Waals surface area contributed by atoms with Crippen molar-refractivity contribution in [3.63, 3.8) is 0 Å². The summed E-state index contributed by atoms with van der Waals surface area (Å²) < 4.78 is 6.11. The van der Waals surface area contributed by atoms with Crippen molar-refractivity contribution < 1.29 is 14.0 Å². The maximum atomic E-state index is 12.4. The highest BCUT2D eigenvalue weighted by molar-refractivity contribution is 5.86. The fourth-order valence-corrected chi connectivity index (χ4v) is 3.73. The molecule has 0 aliphatic heterocycles. The Balaban J connectivity index is 1.70. The lowest BCUT2D eigenvalue weighted by Crippen LogP contribution is -2.36. The maximum Gasteiger partial charge on any atom is 0.234 e. The molecule has 0 aliphatic rings. The largest absolute Gasteiger partial charge is 0.438 e. The van der Waals surface area contributed by atoms with E-state index in [0.29, 0.717) is 36.8 Å². The second kappa shape index (κ2) is 11.6. The molecular formula is C26H33N3O3. The number of fused-ring (bicyclic) bond motifs is 1. The first-order chi connectivity index (χ1) is 15.5. The van der Waals surface area contributed by atoms with Crippen LogP contribution in [0.25, 0.3) is 22.1 Å². The maximum absolute atomic E-state index is 12.4. The second-order valence-electron chi connectivity index (χ2n) is 8.47. The Morgan fingerprint density at radius 2 is 1.84 bits per heavy atom. The fourth-order valence-electron chi connectivity index (χ4n) is 3.73. The number of amides is 1. The van der Waals surface area contributed by atoms with Gasteiger partial charge in [-0.2, -0.15) is 0 Å². The predicted octanol–water partition coefficient (Wildman–Crippen LogP) is 5.14. The Kier molecular flexibility index (Phi) is 8.56. The van der Waals surface area contributed by atoms with Gasteiger partial charge in [0.15, 0.2) is 5.76 Å². The summed E-state index contributed by atoms with van der Waals surface area (Å²) >= 11 is 0. The van der Waals surface area contributed by atoms with Gasteiger partial charge < -0.3 is 14.6 Å². The predicted molar refractivity (Wildman–Crippen MR) is 127 cm³/mol. The number of nitrogens with one attached hydrogen (secondary N) is 1. The molecule has 170 valence electrons. The molecule has 3 aromatic rings. The number of unbranched alkanes of at least 4 members (excludes halogenated alkanes) is 2. The molecule has 1 atom stereocenters. The molecule has 0 aliphatic carbocycles. The Morgan fingerprint density at radius 1 is 1.06 bits per heavy atom. The lowest BCUT2D eigenvalue weighted by Gasteiger charge is -2.17. The SMILES string of the molecule is CCC(=O)CCCCC[C@H](NC(=O)CN(C)C)c1ncc(-c2ccc3ccccc3c2)o1. The van der Waals surface area contributed by atoms with Crippen LogP contribution in [0.1, 0.15) is 57.4 Å². The average Bonchev–Trinajstić information content (AvgIpc) is 3.27. The number of aromatic nitrogens is 1. The first-order valence-corrected chi connectivity index (χ1v) is 11.4. The van der Waals surface area contributed by atoms with E-state index in [1.54, 1.807) is 6.20 Å². The third-order valence-electron chi connectivity index (χ3n) is 5.49. The minimum absolute atomic E-state index is 0.0633. The minimum atomic E-state index is -0.293. The lowest BCUT2D eigenvalue weighted by atomic mass is 10.0. The van der Waals surface area contributed by atoms with Crippen LogP contribution in [-0.2, 0) is 9.59 Å². The summed E-state index contributed by atoms with van der Waals surface area (Å²) in [6.07, 6.45) is 6.36. The lowest BCUT2D eigenvalue weighted by molar-refractivity contribution is -0.122. The highest BCUT2D eigenvalue weighted by atomic mass is 16.4. The van der Waals surface area contributed by atoms with Crippen molar-refractivity contribution >= 4 is 22.5 Å². The summed E-state index contributed by atoms with van der Waals surface area (Å²) in [6.45, 7) is 2.20. The molecule has 6 nitrogen and oxygen atoms in total. The van der Waals surface area contributed by atoms with Gasteiger partial charge in [0.25, 0.3) is 0 Å². The Bertz CT molecular complexity index is 1040. The van der Waals surface area contributed by atoms with E-state index >= 15 is 0 Å². The molecule has 0 bridgehead atoms. The monoisotopic (exact) mass is 435 g/mol. The van der Waals surface area contributed by atoms with E-state index in [0.717, 1.165) is 36.6 Å². The van der Waals surface area contributed by atoms with Gasteiger partial charge >= 0.3 is 0 Å². The smallest absolute Gasteiger partial charge is 0.234 e. The molecule has 32 heavy (non-hydrogen) atoms. The van der Waals surface area contributed by atoms with Crippen LogP contribution in [0.15, 0.2) is 53.1 Å². The number of benzene rings is 2. The molecule has 1 aromatic heterocycles. The Hall–Kier alpha value is -2.99. The van der Waals surface area contributed by atoms with Crippen LogP contribution in [0.4, 0.5) is 0 Å². The van der Waals surface area contributed by atoms with E-state index in [1.165, 1.54) is 5.39 Å². The summed E-state index contributed by atoms with van der Waals surface area (Å²) in [6, 6.07) is 14.1. The van der Waals surface area contributed by atoms with Crippen molar-refractivity contribution in [3.8, 4) is 11.3 Å². The van der Waals surface area contributed by atoms with Crippen molar-refractivity contribution in [2.24, 2.45) is 0 Å². The molecule has 0 saturated carbocycles. The van der Waals surface area contributed by atoms with Crippen LogP contribution in [-0.4, -0.2) is 42.2 Å². The average molecular weight is 436 g/mol. The van der Waals surface area contributed by atoms with Crippen LogP contribution in [0.5, 0.6) is 0 Å². The molecule has 6 heteroatoms. The number of oxazole rings is 1. The number of ketones is 1. The number of likely N-dealkylation sites (N-methyl/N-ethyl adjacent to an activating group) is 1. The summed E-state index contributed by atoms with van der Waals surface area (Å²) in [4.78, 5) is 30.3. The van der Waals surface area contributed by atoms with Crippen LogP contribution in [0.2, 0.25) is 0 Å². The highest BCUT2D eigenvalue weighted by Gasteiger charge is 2.20.